The minimum absolute atomic E-state index is 0. The summed E-state index contributed by atoms with van der Waals surface area (Å²) in [4.78, 5) is 2.52. The minimum Gasteiger partial charge on any atom is -0.312 e. The molecule has 1 N–H and O–H groups in total. The average Bonchev–Trinajstić information content (AvgIpc) is 2.53. The summed E-state index contributed by atoms with van der Waals surface area (Å²) in [5.74, 6) is 0. The van der Waals surface area contributed by atoms with Gasteiger partial charge in [0.2, 0.25) is 0 Å². The molecule has 1 saturated carbocycles. The standard InChI is InChI=1S/C13H26N2.ClH/c1-15-10-6-9-13(15)11-14-12-7-4-2-3-5-8-12;/h12-14H,2-11H2,1H3;1H. The normalized spacial score (nSPS) is 28.7. The fourth-order valence-corrected chi connectivity index (χ4v) is 3.02. The smallest absolute Gasteiger partial charge is 0.0218 e. The molecule has 2 fully saturated rings. The summed E-state index contributed by atoms with van der Waals surface area (Å²) in [6, 6.07) is 1.63. The Bertz CT molecular complexity index is 179. The van der Waals surface area contributed by atoms with Gasteiger partial charge in [0.1, 0.15) is 0 Å². The van der Waals surface area contributed by atoms with Gasteiger partial charge in [-0.15, -0.1) is 12.4 Å². The molecule has 1 atom stereocenters. The van der Waals surface area contributed by atoms with E-state index in [0.717, 1.165) is 12.1 Å². The molecule has 0 aromatic rings. The summed E-state index contributed by atoms with van der Waals surface area (Å²) in [5, 5.41) is 3.79. The van der Waals surface area contributed by atoms with Gasteiger partial charge in [-0.25, -0.2) is 0 Å². The van der Waals surface area contributed by atoms with Crippen LogP contribution in [0.25, 0.3) is 0 Å². The lowest BCUT2D eigenvalue weighted by Crippen LogP contribution is -2.40. The molecule has 1 unspecified atom stereocenters. The highest BCUT2D eigenvalue weighted by Crippen LogP contribution is 2.18. The minimum atomic E-state index is 0. The van der Waals surface area contributed by atoms with Crippen molar-refractivity contribution >= 4 is 12.4 Å². The monoisotopic (exact) mass is 246 g/mol. The fraction of sp³-hybridized carbons (Fsp3) is 1.00. The SMILES string of the molecule is CN1CCCC1CNC1CCCCCC1.Cl. The fourth-order valence-electron chi connectivity index (χ4n) is 3.02. The van der Waals surface area contributed by atoms with Crippen LogP contribution in [0.2, 0.25) is 0 Å². The third-order valence-electron chi connectivity index (χ3n) is 4.17. The molecule has 2 rings (SSSR count). The Balaban J connectivity index is 0.00000128. The lowest BCUT2D eigenvalue weighted by molar-refractivity contribution is 0.286. The number of likely N-dealkylation sites (N-methyl/N-ethyl adjacent to an activating group) is 1. The highest BCUT2D eigenvalue weighted by Gasteiger charge is 2.21. The highest BCUT2D eigenvalue weighted by molar-refractivity contribution is 5.85. The topological polar surface area (TPSA) is 15.3 Å². The molecule has 0 spiro atoms. The average molecular weight is 247 g/mol. The molecule has 96 valence electrons. The second-order valence-corrected chi connectivity index (χ2v) is 5.37. The third kappa shape index (κ3) is 4.23. The van der Waals surface area contributed by atoms with Crippen LogP contribution in [0, 0.1) is 0 Å². The quantitative estimate of drug-likeness (QED) is 0.771. The van der Waals surface area contributed by atoms with Gasteiger partial charge in [-0.2, -0.15) is 0 Å². The Morgan fingerprint density at radius 3 is 2.25 bits per heavy atom. The molecule has 1 aliphatic heterocycles. The number of nitrogens with one attached hydrogen (secondary N) is 1. The van der Waals surface area contributed by atoms with Crippen LogP contribution in [0.3, 0.4) is 0 Å². The van der Waals surface area contributed by atoms with Gasteiger partial charge in [0, 0.05) is 18.6 Å². The molecule has 0 radical (unpaired) electrons. The molecule has 0 aromatic heterocycles. The van der Waals surface area contributed by atoms with Crippen LogP contribution in [0.5, 0.6) is 0 Å². The van der Waals surface area contributed by atoms with Crippen LogP contribution in [-0.2, 0) is 0 Å². The van der Waals surface area contributed by atoms with Crippen molar-refractivity contribution in [3.63, 3.8) is 0 Å². The van der Waals surface area contributed by atoms with Gasteiger partial charge in [-0.05, 0) is 39.3 Å². The van der Waals surface area contributed by atoms with E-state index in [1.54, 1.807) is 0 Å². The lowest BCUT2D eigenvalue weighted by Gasteiger charge is -2.23. The maximum Gasteiger partial charge on any atom is 0.0218 e. The van der Waals surface area contributed by atoms with Gasteiger partial charge in [-0.3, -0.25) is 0 Å². The molecule has 3 heteroatoms. The van der Waals surface area contributed by atoms with E-state index >= 15 is 0 Å². The van der Waals surface area contributed by atoms with E-state index in [0.29, 0.717) is 0 Å². The summed E-state index contributed by atoms with van der Waals surface area (Å²) in [6.07, 6.45) is 11.4. The van der Waals surface area contributed by atoms with Gasteiger partial charge in [0.15, 0.2) is 0 Å². The van der Waals surface area contributed by atoms with Gasteiger partial charge < -0.3 is 10.2 Å². The van der Waals surface area contributed by atoms with E-state index in [9.17, 15) is 0 Å². The van der Waals surface area contributed by atoms with E-state index in [2.05, 4.69) is 17.3 Å². The molecule has 0 aromatic carbocycles. The first kappa shape index (κ1) is 14.3. The van der Waals surface area contributed by atoms with Crippen LogP contribution < -0.4 is 5.32 Å². The van der Waals surface area contributed by atoms with Crippen molar-refractivity contribution < 1.29 is 0 Å². The molecule has 1 aliphatic carbocycles. The molecule has 16 heavy (non-hydrogen) atoms. The molecule has 2 nitrogen and oxygen atoms in total. The van der Waals surface area contributed by atoms with Crippen LogP contribution in [0.1, 0.15) is 51.4 Å². The Morgan fingerprint density at radius 1 is 1.00 bits per heavy atom. The zero-order chi connectivity index (χ0) is 10.5. The first-order chi connectivity index (χ1) is 7.36. The number of rotatable bonds is 3. The first-order valence-corrected chi connectivity index (χ1v) is 6.80. The van der Waals surface area contributed by atoms with E-state index in [1.807, 2.05) is 0 Å². The summed E-state index contributed by atoms with van der Waals surface area (Å²) in [6.45, 7) is 2.53. The summed E-state index contributed by atoms with van der Waals surface area (Å²) in [5.41, 5.74) is 0. The van der Waals surface area contributed by atoms with Gasteiger partial charge >= 0.3 is 0 Å². The Kier molecular flexibility index (Phi) is 6.71. The molecule has 2 aliphatic rings. The third-order valence-corrected chi connectivity index (χ3v) is 4.17. The maximum atomic E-state index is 3.79. The van der Waals surface area contributed by atoms with Gasteiger partial charge in [-0.1, -0.05) is 25.7 Å². The zero-order valence-corrected chi connectivity index (χ0v) is 11.4. The molecular formula is C13H27ClN2. The zero-order valence-electron chi connectivity index (χ0n) is 10.6. The summed E-state index contributed by atoms with van der Waals surface area (Å²) in [7, 11) is 2.27. The van der Waals surface area contributed by atoms with E-state index < -0.39 is 0 Å². The van der Waals surface area contributed by atoms with Gasteiger partial charge in [0.25, 0.3) is 0 Å². The number of likely N-dealkylation sites (tertiary alicyclic amines) is 1. The van der Waals surface area contributed by atoms with Crippen molar-refractivity contribution in [3.8, 4) is 0 Å². The predicted octanol–water partition coefficient (Wildman–Crippen LogP) is 2.81. The molecule has 0 bridgehead atoms. The van der Waals surface area contributed by atoms with Crippen LogP contribution in [0.4, 0.5) is 0 Å². The number of nitrogens with zero attached hydrogens (tertiary/aromatic N) is 1. The van der Waals surface area contributed by atoms with Crippen molar-refractivity contribution in [2.24, 2.45) is 0 Å². The number of hydrogen-bond donors (Lipinski definition) is 1. The lowest BCUT2D eigenvalue weighted by atomic mass is 10.1. The predicted molar refractivity (Wildman–Crippen MR) is 72.4 cm³/mol. The largest absolute Gasteiger partial charge is 0.312 e. The van der Waals surface area contributed by atoms with Crippen molar-refractivity contribution in [1.82, 2.24) is 10.2 Å². The molecule has 1 saturated heterocycles. The molecule has 1 heterocycles. The number of hydrogen-bond acceptors (Lipinski definition) is 2. The van der Waals surface area contributed by atoms with Crippen molar-refractivity contribution in [3.05, 3.63) is 0 Å². The van der Waals surface area contributed by atoms with E-state index in [4.69, 9.17) is 0 Å². The molecule has 0 amide bonds. The van der Waals surface area contributed by atoms with Crippen LogP contribution >= 0.6 is 12.4 Å². The molecular weight excluding hydrogens is 220 g/mol. The van der Waals surface area contributed by atoms with Crippen molar-refractivity contribution in [1.29, 1.82) is 0 Å². The van der Waals surface area contributed by atoms with E-state index in [1.165, 1.54) is 64.5 Å². The maximum absolute atomic E-state index is 3.79. The second kappa shape index (κ2) is 7.52. The Hall–Kier alpha value is 0.210. The Labute approximate surface area is 107 Å². The Morgan fingerprint density at radius 2 is 1.69 bits per heavy atom. The van der Waals surface area contributed by atoms with Crippen molar-refractivity contribution in [2.75, 3.05) is 20.1 Å². The number of halogens is 1. The highest BCUT2D eigenvalue weighted by atomic mass is 35.5. The van der Waals surface area contributed by atoms with Gasteiger partial charge in [0.05, 0.1) is 0 Å². The van der Waals surface area contributed by atoms with Crippen molar-refractivity contribution in [2.45, 2.75) is 63.5 Å². The summed E-state index contributed by atoms with van der Waals surface area (Å²) < 4.78 is 0. The first-order valence-electron chi connectivity index (χ1n) is 6.80. The van der Waals surface area contributed by atoms with Crippen LogP contribution in [0.15, 0.2) is 0 Å². The van der Waals surface area contributed by atoms with Crippen LogP contribution in [-0.4, -0.2) is 37.1 Å². The summed E-state index contributed by atoms with van der Waals surface area (Å²) >= 11 is 0. The second-order valence-electron chi connectivity index (χ2n) is 5.37. The van der Waals surface area contributed by atoms with E-state index in [-0.39, 0.29) is 12.4 Å².